The number of benzene rings is 1. The minimum atomic E-state index is 0.530. The van der Waals surface area contributed by atoms with Crippen LogP contribution < -0.4 is 10.1 Å². The molecule has 0 aliphatic heterocycles. The molecule has 0 aliphatic carbocycles. The van der Waals surface area contributed by atoms with Crippen molar-refractivity contribution in [3.8, 4) is 5.75 Å². The van der Waals surface area contributed by atoms with Crippen LogP contribution in [0.2, 0.25) is 5.02 Å². The number of methoxy groups -OCH3 is 1. The fourth-order valence-corrected chi connectivity index (χ4v) is 1.71. The van der Waals surface area contributed by atoms with E-state index in [1.165, 1.54) is 0 Å². The summed E-state index contributed by atoms with van der Waals surface area (Å²) in [4.78, 5) is 0. The summed E-state index contributed by atoms with van der Waals surface area (Å²) < 4.78 is 10.5. The maximum Gasteiger partial charge on any atom is 0.123 e. The molecule has 0 fully saturated rings. The lowest BCUT2D eigenvalue weighted by Gasteiger charge is -2.10. The van der Waals surface area contributed by atoms with Crippen LogP contribution in [0.15, 0.2) is 18.2 Å². The van der Waals surface area contributed by atoms with E-state index >= 15 is 0 Å². The van der Waals surface area contributed by atoms with Gasteiger partial charge in [0, 0.05) is 29.6 Å². The molecule has 17 heavy (non-hydrogen) atoms. The first kappa shape index (κ1) is 14.6. The zero-order chi connectivity index (χ0) is 12.5. The molecule has 0 spiro atoms. The molecule has 0 bridgehead atoms. The van der Waals surface area contributed by atoms with Crippen molar-refractivity contribution in [2.24, 2.45) is 0 Å². The molecule has 1 aromatic carbocycles. The summed E-state index contributed by atoms with van der Waals surface area (Å²) in [6.45, 7) is 2.71. The molecule has 3 nitrogen and oxygen atoms in total. The van der Waals surface area contributed by atoms with Gasteiger partial charge in [-0.2, -0.15) is 0 Å². The van der Waals surface area contributed by atoms with E-state index in [2.05, 4.69) is 5.32 Å². The van der Waals surface area contributed by atoms with Crippen molar-refractivity contribution in [3.05, 3.63) is 28.8 Å². The Hall–Kier alpha value is -0.480. The van der Waals surface area contributed by atoms with E-state index in [1.54, 1.807) is 7.11 Å². The molecule has 0 aliphatic rings. The lowest BCUT2D eigenvalue weighted by molar-refractivity contribution is 0.151. The summed E-state index contributed by atoms with van der Waals surface area (Å²) >= 11 is 11.4. The third kappa shape index (κ3) is 5.59. The molecule has 96 valence electrons. The lowest BCUT2D eigenvalue weighted by atomic mass is 10.2. The van der Waals surface area contributed by atoms with Crippen LogP contribution in [0.5, 0.6) is 5.75 Å². The topological polar surface area (TPSA) is 30.5 Å². The average Bonchev–Trinajstić information content (AvgIpc) is 2.34. The molecule has 0 amide bonds. The van der Waals surface area contributed by atoms with Gasteiger partial charge in [0.05, 0.1) is 20.3 Å². The van der Waals surface area contributed by atoms with Crippen molar-refractivity contribution in [3.63, 3.8) is 0 Å². The Balaban J connectivity index is 2.32. The maximum absolute atomic E-state index is 5.93. The van der Waals surface area contributed by atoms with Crippen molar-refractivity contribution in [1.82, 2.24) is 5.32 Å². The Kier molecular flexibility index (Phi) is 7.37. The number of alkyl halides is 1. The van der Waals surface area contributed by atoms with Gasteiger partial charge in [0.1, 0.15) is 5.75 Å². The number of hydrogen-bond acceptors (Lipinski definition) is 3. The highest BCUT2D eigenvalue weighted by molar-refractivity contribution is 6.30. The van der Waals surface area contributed by atoms with Crippen molar-refractivity contribution in [2.75, 3.05) is 32.7 Å². The molecule has 0 unspecified atom stereocenters. The normalized spacial score (nSPS) is 10.5. The molecular formula is C12H17Cl2NO2. The van der Waals surface area contributed by atoms with Crippen LogP contribution in [0.3, 0.4) is 0 Å². The van der Waals surface area contributed by atoms with Gasteiger partial charge in [0.2, 0.25) is 0 Å². The van der Waals surface area contributed by atoms with E-state index in [-0.39, 0.29) is 0 Å². The Morgan fingerprint density at radius 2 is 2.12 bits per heavy atom. The first-order chi connectivity index (χ1) is 8.27. The summed E-state index contributed by atoms with van der Waals surface area (Å²) in [6.07, 6.45) is 0. The highest BCUT2D eigenvalue weighted by atomic mass is 35.5. The second kappa shape index (κ2) is 8.59. The van der Waals surface area contributed by atoms with Gasteiger partial charge in [0.25, 0.3) is 0 Å². The van der Waals surface area contributed by atoms with Crippen LogP contribution in [-0.4, -0.2) is 32.7 Å². The molecule has 1 aromatic rings. The molecule has 0 heterocycles. The van der Waals surface area contributed by atoms with Crippen LogP contribution in [0.1, 0.15) is 5.56 Å². The van der Waals surface area contributed by atoms with Gasteiger partial charge in [-0.25, -0.2) is 0 Å². The first-order valence-electron chi connectivity index (χ1n) is 5.44. The number of rotatable bonds is 8. The monoisotopic (exact) mass is 277 g/mol. The number of hydrogen-bond donors (Lipinski definition) is 1. The van der Waals surface area contributed by atoms with Gasteiger partial charge in [-0.1, -0.05) is 11.6 Å². The molecule has 0 aromatic heterocycles. The standard InChI is InChI=1S/C12H17Cl2NO2/c1-16-12-3-2-11(14)8-10(12)9-15-5-7-17-6-4-13/h2-3,8,15H,4-7,9H2,1H3. The lowest BCUT2D eigenvalue weighted by Crippen LogP contribution is -2.20. The largest absolute Gasteiger partial charge is 0.496 e. The third-order valence-electron chi connectivity index (χ3n) is 2.20. The van der Waals surface area contributed by atoms with E-state index in [4.69, 9.17) is 32.7 Å². The minimum absolute atomic E-state index is 0.530. The second-order valence-corrected chi connectivity index (χ2v) is 4.25. The highest BCUT2D eigenvalue weighted by Gasteiger charge is 2.02. The van der Waals surface area contributed by atoms with Crippen LogP contribution in [-0.2, 0) is 11.3 Å². The molecule has 5 heteroatoms. The molecule has 1 N–H and O–H groups in total. The maximum atomic E-state index is 5.93. The van der Waals surface area contributed by atoms with E-state index in [0.717, 1.165) is 17.9 Å². The van der Waals surface area contributed by atoms with Crippen molar-refractivity contribution >= 4 is 23.2 Å². The Morgan fingerprint density at radius 1 is 1.29 bits per heavy atom. The quantitative estimate of drug-likeness (QED) is 0.586. The number of ether oxygens (including phenoxy) is 2. The predicted molar refractivity (Wildman–Crippen MR) is 71.2 cm³/mol. The summed E-state index contributed by atoms with van der Waals surface area (Å²) in [7, 11) is 1.65. The summed E-state index contributed by atoms with van der Waals surface area (Å²) in [6, 6.07) is 5.57. The third-order valence-corrected chi connectivity index (χ3v) is 2.59. The smallest absolute Gasteiger partial charge is 0.123 e. The van der Waals surface area contributed by atoms with Gasteiger partial charge >= 0.3 is 0 Å². The van der Waals surface area contributed by atoms with E-state index < -0.39 is 0 Å². The number of halogens is 2. The fourth-order valence-electron chi connectivity index (χ4n) is 1.41. The zero-order valence-corrected chi connectivity index (χ0v) is 11.4. The van der Waals surface area contributed by atoms with E-state index in [1.807, 2.05) is 18.2 Å². The molecule has 0 saturated carbocycles. The molecule has 1 rings (SSSR count). The Bertz CT molecular complexity index is 334. The minimum Gasteiger partial charge on any atom is -0.496 e. The summed E-state index contributed by atoms with van der Waals surface area (Å²) in [5.74, 6) is 1.37. The van der Waals surface area contributed by atoms with Crippen molar-refractivity contribution in [1.29, 1.82) is 0 Å². The first-order valence-corrected chi connectivity index (χ1v) is 6.36. The highest BCUT2D eigenvalue weighted by Crippen LogP contribution is 2.22. The van der Waals surface area contributed by atoms with Gasteiger partial charge in [-0.15, -0.1) is 11.6 Å². The summed E-state index contributed by atoms with van der Waals surface area (Å²) in [5.41, 5.74) is 1.04. The molecular weight excluding hydrogens is 261 g/mol. The Morgan fingerprint density at radius 3 is 2.82 bits per heavy atom. The summed E-state index contributed by atoms with van der Waals surface area (Å²) in [5, 5.41) is 3.97. The van der Waals surface area contributed by atoms with Crippen molar-refractivity contribution in [2.45, 2.75) is 6.54 Å². The molecule has 0 atom stereocenters. The van der Waals surface area contributed by atoms with Gasteiger partial charge in [-0.3, -0.25) is 0 Å². The fraction of sp³-hybridized carbons (Fsp3) is 0.500. The van der Waals surface area contributed by atoms with Gasteiger partial charge < -0.3 is 14.8 Å². The van der Waals surface area contributed by atoms with Crippen LogP contribution in [0.25, 0.3) is 0 Å². The molecule has 0 radical (unpaired) electrons. The average molecular weight is 278 g/mol. The van der Waals surface area contributed by atoms with E-state index in [0.29, 0.717) is 30.7 Å². The number of nitrogens with one attached hydrogen (secondary N) is 1. The Labute approximate surface area is 112 Å². The van der Waals surface area contributed by atoms with Gasteiger partial charge in [-0.05, 0) is 18.2 Å². The van der Waals surface area contributed by atoms with Gasteiger partial charge in [0.15, 0.2) is 0 Å². The van der Waals surface area contributed by atoms with Crippen LogP contribution in [0, 0.1) is 0 Å². The zero-order valence-electron chi connectivity index (χ0n) is 9.84. The van der Waals surface area contributed by atoms with E-state index in [9.17, 15) is 0 Å². The van der Waals surface area contributed by atoms with Crippen LogP contribution in [0.4, 0.5) is 0 Å². The second-order valence-electron chi connectivity index (χ2n) is 3.43. The van der Waals surface area contributed by atoms with Crippen molar-refractivity contribution < 1.29 is 9.47 Å². The molecule has 0 saturated heterocycles. The van der Waals surface area contributed by atoms with Crippen LogP contribution >= 0.6 is 23.2 Å². The predicted octanol–water partition coefficient (Wildman–Crippen LogP) is 2.69. The SMILES string of the molecule is COc1ccc(Cl)cc1CNCCOCCCl.